The van der Waals surface area contributed by atoms with Crippen molar-refractivity contribution < 1.29 is 28.4 Å². The highest BCUT2D eigenvalue weighted by Gasteiger charge is 2.17. The highest BCUT2D eigenvalue weighted by atomic mass is 31.2. The van der Waals surface area contributed by atoms with Gasteiger partial charge in [0.25, 0.3) is 0 Å². The van der Waals surface area contributed by atoms with Gasteiger partial charge in [-0.05, 0) is 41.0 Å². The van der Waals surface area contributed by atoms with Crippen molar-refractivity contribution in [1.29, 1.82) is 0 Å². The third-order valence-electron chi connectivity index (χ3n) is 4.77. The Bertz CT molecular complexity index is 1080. The molecule has 0 fully saturated rings. The number of hydrogen-bond acceptors (Lipinski definition) is 4. The standard InChI is InChI=1S/C24H27N2O6P/c1-25(2)24(27)26(18-19-6-4-3-5-7-19)16-17-31-22-12-8-20(9-13-22)21-10-14-23(15-11-21)32-33(28,29)30/h3-15H,16-18H2,1-2H3,(H2,28,29,30). The highest BCUT2D eigenvalue weighted by molar-refractivity contribution is 7.46. The summed E-state index contributed by atoms with van der Waals surface area (Å²) in [5.74, 6) is 0.775. The van der Waals surface area contributed by atoms with Gasteiger partial charge in [-0.2, -0.15) is 0 Å². The zero-order chi connectivity index (χ0) is 23.8. The van der Waals surface area contributed by atoms with Gasteiger partial charge in [0.15, 0.2) is 0 Å². The van der Waals surface area contributed by atoms with E-state index in [0.29, 0.717) is 25.4 Å². The Labute approximate surface area is 193 Å². The van der Waals surface area contributed by atoms with Crippen LogP contribution in [-0.2, 0) is 11.1 Å². The molecule has 0 atom stereocenters. The number of hydrogen-bond donors (Lipinski definition) is 2. The number of urea groups is 1. The van der Waals surface area contributed by atoms with Gasteiger partial charge in [0, 0.05) is 20.6 Å². The largest absolute Gasteiger partial charge is 0.524 e. The van der Waals surface area contributed by atoms with Crippen molar-refractivity contribution in [2.45, 2.75) is 6.54 Å². The van der Waals surface area contributed by atoms with Crippen LogP contribution in [0.25, 0.3) is 11.1 Å². The van der Waals surface area contributed by atoms with E-state index in [9.17, 15) is 9.36 Å². The number of phosphoric acid groups is 1. The Morgan fingerprint density at radius 3 is 1.91 bits per heavy atom. The van der Waals surface area contributed by atoms with Crippen LogP contribution in [0.3, 0.4) is 0 Å². The van der Waals surface area contributed by atoms with Crippen LogP contribution in [0.15, 0.2) is 78.9 Å². The van der Waals surface area contributed by atoms with Crippen LogP contribution in [0.1, 0.15) is 5.56 Å². The Kier molecular flexibility index (Phi) is 8.11. The molecule has 0 aliphatic carbocycles. The summed E-state index contributed by atoms with van der Waals surface area (Å²) in [6.07, 6.45) is 0. The van der Waals surface area contributed by atoms with Gasteiger partial charge in [0.05, 0.1) is 6.54 Å². The first-order valence-corrected chi connectivity index (χ1v) is 11.8. The van der Waals surface area contributed by atoms with Crippen molar-refractivity contribution in [3.8, 4) is 22.6 Å². The number of carbonyl (C=O) groups is 1. The molecule has 3 rings (SSSR count). The monoisotopic (exact) mass is 470 g/mol. The number of benzene rings is 3. The van der Waals surface area contributed by atoms with E-state index in [2.05, 4.69) is 4.52 Å². The minimum absolute atomic E-state index is 0.0797. The number of amides is 2. The summed E-state index contributed by atoms with van der Waals surface area (Å²) < 4.78 is 21.3. The molecule has 0 aromatic heterocycles. The zero-order valence-corrected chi connectivity index (χ0v) is 19.4. The van der Waals surface area contributed by atoms with E-state index in [1.165, 1.54) is 12.1 Å². The summed E-state index contributed by atoms with van der Waals surface area (Å²) in [6, 6.07) is 23.6. The smallest absolute Gasteiger partial charge is 0.492 e. The number of ether oxygens (including phenoxy) is 1. The molecule has 0 saturated heterocycles. The van der Waals surface area contributed by atoms with Crippen molar-refractivity contribution in [1.82, 2.24) is 9.80 Å². The molecule has 0 saturated carbocycles. The number of rotatable bonds is 9. The first-order valence-electron chi connectivity index (χ1n) is 10.3. The molecule has 0 spiro atoms. The zero-order valence-electron chi connectivity index (χ0n) is 18.5. The molecule has 0 unspecified atom stereocenters. The van der Waals surface area contributed by atoms with Gasteiger partial charge in [-0.15, -0.1) is 0 Å². The van der Waals surface area contributed by atoms with Gasteiger partial charge in [-0.25, -0.2) is 9.36 Å². The molecule has 3 aromatic rings. The third kappa shape index (κ3) is 7.64. The molecule has 0 aliphatic rings. The Morgan fingerprint density at radius 1 is 0.848 bits per heavy atom. The summed E-state index contributed by atoms with van der Waals surface area (Å²) in [5, 5.41) is 0. The summed E-state index contributed by atoms with van der Waals surface area (Å²) in [7, 11) is -1.12. The lowest BCUT2D eigenvalue weighted by atomic mass is 10.1. The Morgan fingerprint density at radius 2 is 1.39 bits per heavy atom. The maximum Gasteiger partial charge on any atom is 0.524 e. The third-order valence-corrected chi connectivity index (χ3v) is 5.21. The van der Waals surface area contributed by atoms with E-state index in [1.807, 2.05) is 54.6 Å². The second kappa shape index (κ2) is 11.0. The van der Waals surface area contributed by atoms with E-state index < -0.39 is 7.82 Å². The molecular weight excluding hydrogens is 443 g/mol. The molecule has 2 amide bonds. The average molecular weight is 470 g/mol. The summed E-state index contributed by atoms with van der Waals surface area (Å²) >= 11 is 0. The SMILES string of the molecule is CN(C)C(=O)N(CCOc1ccc(-c2ccc(OP(=O)(O)O)cc2)cc1)Cc1ccccc1. The van der Waals surface area contributed by atoms with Gasteiger partial charge in [-0.3, -0.25) is 9.79 Å². The lowest BCUT2D eigenvalue weighted by Gasteiger charge is -2.26. The first kappa shape index (κ1) is 24.3. The average Bonchev–Trinajstić information content (AvgIpc) is 2.78. The van der Waals surface area contributed by atoms with Gasteiger partial charge >= 0.3 is 13.9 Å². The van der Waals surface area contributed by atoms with Crippen molar-refractivity contribution in [3.63, 3.8) is 0 Å². The van der Waals surface area contributed by atoms with E-state index in [1.54, 1.807) is 36.0 Å². The van der Waals surface area contributed by atoms with Crippen LogP contribution in [0.2, 0.25) is 0 Å². The van der Waals surface area contributed by atoms with Crippen LogP contribution in [0.5, 0.6) is 11.5 Å². The normalized spacial score (nSPS) is 11.0. The van der Waals surface area contributed by atoms with E-state index >= 15 is 0 Å². The molecule has 33 heavy (non-hydrogen) atoms. The van der Waals surface area contributed by atoms with E-state index in [0.717, 1.165) is 16.7 Å². The van der Waals surface area contributed by atoms with Crippen molar-refractivity contribution in [2.24, 2.45) is 0 Å². The number of nitrogens with zero attached hydrogens (tertiary/aromatic N) is 2. The van der Waals surface area contributed by atoms with Gasteiger partial charge in [0.1, 0.15) is 18.1 Å². The molecule has 2 N–H and O–H groups in total. The molecule has 0 bridgehead atoms. The van der Waals surface area contributed by atoms with Crippen LogP contribution < -0.4 is 9.26 Å². The van der Waals surface area contributed by atoms with E-state index in [-0.39, 0.29) is 11.8 Å². The van der Waals surface area contributed by atoms with Crippen molar-refractivity contribution in [2.75, 3.05) is 27.2 Å². The molecule has 0 heterocycles. The number of phosphoric ester groups is 1. The fourth-order valence-corrected chi connectivity index (χ4v) is 3.59. The summed E-state index contributed by atoms with van der Waals surface area (Å²) in [5.41, 5.74) is 2.83. The molecule has 0 aliphatic heterocycles. The van der Waals surface area contributed by atoms with Gasteiger partial charge < -0.3 is 19.1 Å². The van der Waals surface area contributed by atoms with Crippen LogP contribution >= 0.6 is 7.82 Å². The molecule has 8 nitrogen and oxygen atoms in total. The minimum Gasteiger partial charge on any atom is -0.492 e. The van der Waals surface area contributed by atoms with E-state index in [4.69, 9.17) is 14.5 Å². The number of carbonyl (C=O) groups excluding carboxylic acids is 1. The lowest BCUT2D eigenvalue weighted by molar-refractivity contribution is 0.155. The second-order valence-electron chi connectivity index (χ2n) is 7.56. The fourth-order valence-electron chi connectivity index (χ4n) is 3.19. The predicted octanol–water partition coefficient (Wildman–Crippen LogP) is 4.39. The maximum absolute atomic E-state index is 12.5. The lowest BCUT2D eigenvalue weighted by Crippen LogP contribution is -2.40. The molecule has 3 aromatic carbocycles. The quantitative estimate of drug-likeness (QED) is 0.450. The van der Waals surface area contributed by atoms with Crippen LogP contribution in [0.4, 0.5) is 4.79 Å². The Hall–Kier alpha value is -3.32. The summed E-state index contributed by atoms with van der Waals surface area (Å²) in [4.78, 5) is 33.6. The summed E-state index contributed by atoms with van der Waals surface area (Å²) in [6.45, 7) is 1.29. The van der Waals surface area contributed by atoms with Crippen molar-refractivity contribution in [3.05, 3.63) is 84.4 Å². The molecule has 9 heteroatoms. The van der Waals surface area contributed by atoms with Gasteiger partial charge in [-0.1, -0.05) is 54.6 Å². The fraction of sp³-hybridized carbons (Fsp3) is 0.208. The predicted molar refractivity (Wildman–Crippen MR) is 126 cm³/mol. The Balaban J connectivity index is 1.57. The molecule has 0 radical (unpaired) electrons. The highest BCUT2D eigenvalue weighted by Crippen LogP contribution is 2.38. The molecule has 174 valence electrons. The van der Waals surface area contributed by atoms with Crippen molar-refractivity contribution >= 4 is 13.9 Å². The first-order chi connectivity index (χ1) is 15.7. The van der Waals surface area contributed by atoms with Crippen LogP contribution in [0, 0.1) is 0 Å². The van der Waals surface area contributed by atoms with Gasteiger partial charge in [0.2, 0.25) is 0 Å². The second-order valence-corrected chi connectivity index (χ2v) is 8.73. The maximum atomic E-state index is 12.5. The van der Waals surface area contributed by atoms with Crippen LogP contribution in [-0.4, -0.2) is 52.9 Å². The minimum atomic E-state index is -4.58. The topological polar surface area (TPSA) is 99.5 Å². The molecular formula is C24H27N2O6P.